The second-order valence-electron chi connectivity index (χ2n) is 6.82. The van der Waals surface area contributed by atoms with E-state index in [0.29, 0.717) is 0 Å². The Labute approximate surface area is 159 Å². The number of nitrogens with zero attached hydrogens (tertiary/aromatic N) is 2. The van der Waals surface area contributed by atoms with E-state index in [2.05, 4.69) is 47.1 Å². The van der Waals surface area contributed by atoms with E-state index >= 15 is 0 Å². The molecule has 26 heavy (non-hydrogen) atoms. The number of hydrogen-bond acceptors (Lipinski definition) is 2. The van der Waals surface area contributed by atoms with Gasteiger partial charge in [-0.3, -0.25) is 4.40 Å². The molecule has 0 atom stereocenters. The minimum Gasteiger partial charge on any atom is -0.369 e. The molecule has 0 spiro atoms. The fraction of sp³-hybridized carbons (Fsp3) is 0.318. The summed E-state index contributed by atoms with van der Waals surface area (Å²) in [5.74, 6) is 1.06. The summed E-state index contributed by atoms with van der Waals surface area (Å²) in [5.41, 5.74) is 5.56. The number of nitrogens with one attached hydrogen (secondary N) is 1. The molecule has 2 aromatic heterocycles. The van der Waals surface area contributed by atoms with Crippen molar-refractivity contribution in [3.8, 4) is 0 Å². The number of benzene rings is 1. The van der Waals surface area contributed by atoms with Crippen LogP contribution in [0.5, 0.6) is 0 Å². The van der Waals surface area contributed by atoms with Gasteiger partial charge < -0.3 is 5.32 Å². The van der Waals surface area contributed by atoms with Gasteiger partial charge in [0.15, 0.2) is 0 Å². The summed E-state index contributed by atoms with van der Waals surface area (Å²) >= 11 is 6.83. The standard InChI is InChI=1S/C22H24ClN3/c1-2-3-7-14-24-22-21(25-19-11-6-8-15-26(19)22)18-13-12-16-9-4-5-10-17(16)20(18)23/h4-6,8-11,15,24H,2-3,7,12-14H2,1H3. The van der Waals surface area contributed by atoms with Gasteiger partial charge in [0.2, 0.25) is 0 Å². The van der Waals surface area contributed by atoms with Crippen LogP contribution in [0.4, 0.5) is 5.82 Å². The van der Waals surface area contributed by atoms with Crippen molar-refractivity contribution in [3.05, 3.63) is 65.5 Å². The largest absolute Gasteiger partial charge is 0.369 e. The normalized spacial score (nSPS) is 13.9. The number of aryl methyl sites for hydroxylation is 1. The first-order chi connectivity index (χ1) is 12.8. The van der Waals surface area contributed by atoms with Crippen molar-refractivity contribution >= 4 is 33.7 Å². The molecule has 0 aliphatic heterocycles. The second kappa shape index (κ2) is 7.55. The first kappa shape index (κ1) is 17.2. The molecule has 4 heteroatoms. The van der Waals surface area contributed by atoms with Crippen LogP contribution in [-0.4, -0.2) is 15.9 Å². The quantitative estimate of drug-likeness (QED) is 0.543. The number of rotatable bonds is 6. The number of fused-ring (bicyclic) bond motifs is 2. The Kier molecular flexibility index (Phi) is 4.98. The summed E-state index contributed by atoms with van der Waals surface area (Å²) in [7, 11) is 0. The summed E-state index contributed by atoms with van der Waals surface area (Å²) in [6.07, 6.45) is 7.60. The molecular formula is C22H24ClN3. The summed E-state index contributed by atoms with van der Waals surface area (Å²) in [6, 6.07) is 14.5. The molecule has 0 amide bonds. The molecule has 0 fully saturated rings. The Morgan fingerprint density at radius 1 is 1.08 bits per heavy atom. The van der Waals surface area contributed by atoms with Gasteiger partial charge in [-0.05, 0) is 42.5 Å². The highest BCUT2D eigenvalue weighted by molar-refractivity contribution is 6.53. The molecule has 0 saturated carbocycles. The molecule has 1 aliphatic rings. The van der Waals surface area contributed by atoms with E-state index in [-0.39, 0.29) is 0 Å². The molecule has 4 rings (SSSR count). The smallest absolute Gasteiger partial charge is 0.139 e. The third kappa shape index (κ3) is 3.12. The topological polar surface area (TPSA) is 29.3 Å². The van der Waals surface area contributed by atoms with Crippen molar-refractivity contribution in [1.29, 1.82) is 0 Å². The van der Waals surface area contributed by atoms with Crippen LogP contribution in [0.15, 0.2) is 48.7 Å². The van der Waals surface area contributed by atoms with Gasteiger partial charge in [-0.1, -0.05) is 61.7 Å². The Hall–Kier alpha value is -2.26. The number of pyridine rings is 1. The van der Waals surface area contributed by atoms with Crippen LogP contribution in [0.2, 0.25) is 0 Å². The molecule has 2 heterocycles. The van der Waals surface area contributed by atoms with Gasteiger partial charge in [0, 0.05) is 18.3 Å². The van der Waals surface area contributed by atoms with Crippen LogP contribution < -0.4 is 5.32 Å². The lowest BCUT2D eigenvalue weighted by Crippen LogP contribution is -2.08. The van der Waals surface area contributed by atoms with Gasteiger partial charge >= 0.3 is 0 Å². The molecule has 0 saturated heterocycles. The molecule has 0 radical (unpaired) electrons. The summed E-state index contributed by atoms with van der Waals surface area (Å²) < 4.78 is 2.14. The molecule has 1 aliphatic carbocycles. The Morgan fingerprint density at radius 2 is 1.92 bits per heavy atom. The number of imidazole rings is 1. The molecule has 3 aromatic rings. The predicted octanol–water partition coefficient (Wildman–Crippen LogP) is 5.99. The Morgan fingerprint density at radius 3 is 2.81 bits per heavy atom. The van der Waals surface area contributed by atoms with Gasteiger partial charge in [-0.25, -0.2) is 4.98 Å². The van der Waals surface area contributed by atoms with Gasteiger partial charge in [-0.15, -0.1) is 0 Å². The zero-order valence-electron chi connectivity index (χ0n) is 15.1. The number of aromatic nitrogens is 2. The Bertz CT molecular complexity index is 955. The third-order valence-corrected chi connectivity index (χ3v) is 5.48. The Balaban J connectivity index is 1.78. The monoisotopic (exact) mass is 365 g/mol. The first-order valence-electron chi connectivity index (χ1n) is 9.48. The zero-order valence-corrected chi connectivity index (χ0v) is 15.9. The maximum Gasteiger partial charge on any atom is 0.139 e. The van der Waals surface area contributed by atoms with Crippen LogP contribution in [0, 0.1) is 0 Å². The maximum atomic E-state index is 6.83. The number of halogens is 1. The maximum absolute atomic E-state index is 6.83. The zero-order chi connectivity index (χ0) is 17.9. The fourth-order valence-electron chi connectivity index (χ4n) is 3.66. The molecule has 3 nitrogen and oxygen atoms in total. The minimum absolute atomic E-state index is 0.840. The van der Waals surface area contributed by atoms with Gasteiger partial charge in [0.1, 0.15) is 17.2 Å². The van der Waals surface area contributed by atoms with E-state index < -0.39 is 0 Å². The van der Waals surface area contributed by atoms with E-state index in [9.17, 15) is 0 Å². The van der Waals surface area contributed by atoms with Crippen molar-refractivity contribution in [2.24, 2.45) is 0 Å². The van der Waals surface area contributed by atoms with Crippen molar-refractivity contribution in [2.75, 3.05) is 11.9 Å². The van der Waals surface area contributed by atoms with E-state index in [1.165, 1.54) is 18.4 Å². The van der Waals surface area contributed by atoms with Gasteiger partial charge in [0.25, 0.3) is 0 Å². The highest BCUT2D eigenvalue weighted by Gasteiger charge is 2.23. The lowest BCUT2D eigenvalue weighted by atomic mass is 9.90. The molecule has 1 N–H and O–H groups in total. The number of anilines is 1. The van der Waals surface area contributed by atoms with Crippen LogP contribution in [0.1, 0.15) is 49.4 Å². The fourth-order valence-corrected chi connectivity index (χ4v) is 4.03. The molecular weight excluding hydrogens is 342 g/mol. The van der Waals surface area contributed by atoms with Crippen molar-refractivity contribution in [1.82, 2.24) is 9.38 Å². The van der Waals surface area contributed by atoms with E-state index in [4.69, 9.17) is 16.6 Å². The lowest BCUT2D eigenvalue weighted by Gasteiger charge is -2.20. The van der Waals surface area contributed by atoms with Crippen LogP contribution in [0.25, 0.3) is 16.3 Å². The summed E-state index contributed by atoms with van der Waals surface area (Å²) in [4.78, 5) is 4.92. The van der Waals surface area contributed by atoms with Gasteiger partial charge in [0.05, 0.1) is 5.03 Å². The number of unbranched alkanes of at least 4 members (excludes halogenated alkanes) is 2. The molecule has 0 unspecified atom stereocenters. The summed E-state index contributed by atoms with van der Waals surface area (Å²) in [5, 5.41) is 4.46. The lowest BCUT2D eigenvalue weighted by molar-refractivity contribution is 0.741. The third-order valence-electron chi connectivity index (χ3n) is 5.05. The van der Waals surface area contributed by atoms with E-state index in [0.717, 1.165) is 59.1 Å². The molecule has 0 bridgehead atoms. The van der Waals surface area contributed by atoms with Gasteiger partial charge in [-0.2, -0.15) is 0 Å². The SMILES string of the molecule is CCCCCNc1c(C2=C(Cl)c3ccccc3CC2)nc2ccccn12. The predicted molar refractivity (Wildman–Crippen MR) is 111 cm³/mol. The number of hydrogen-bond donors (Lipinski definition) is 1. The van der Waals surface area contributed by atoms with Crippen molar-refractivity contribution in [3.63, 3.8) is 0 Å². The second-order valence-corrected chi connectivity index (χ2v) is 7.20. The highest BCUT2D eigenvalue weighted by Crippen LogP contribution is 2.41. The highest BCUT2D eigenvalue weighted by atomic mass is 35.5. The van der Waals surface area contributed by atoms with Crippen molar-refractivity contribution in [2.45, 2.75) is 39.0 Å². The summed E-state index contributed by atoms with van der Waals surface area (Å²) in [6.45, 7) is 3.18. The minimum atomic E-state index is 0.840. The molecule has 1 aromatic carbocycles. The van der Waals surface area contributed by atoms with Crippen LogP contribution in [-0.2, 0) is 6.42 Å². The van der Waals surface area contributed by atoms with Crippen LogP contribution >= 0.6 is 11.6 Å². The average Bonchev–Trinajstić information content (AvgIpc) is 3.04. The average molecular weight is 366 g/mol. The first-order valence-corrected chi connectivity index (χ1v) is 9.85. The molecule has 134 valence electrons. The number of allylic oxidation sites excluding steroid dienone is 1. The van der Waals surface area contributed by atoms with Crippen molar-refractivity contribution < 1.29 is 0 Å². The van der Waals surface area contributed by atoms with Crippen LogP contribution in [0.3, 0.4) is 0 Å². The van der Waals surface area contributed by atoms with E-state index in [1.807, 2.05) is 18.2 Å². The van der Waals surface area contributed by atoms with E-state index in [1.54, 1.807) is 0 Å².